The van der Waals surface area contributed by atoms with Crippen LogP contribution in [0.25, 0.3) is 0 Å². The van der Waals surface area contributed by atoms with E-state index in [1.165, 1.54) is 19.2 Å². The highest BCUT2D eigenvalue weighted by Crippen LogP contribution is 2.22. The molecule has 0 fully saturated rings. The minimum Gasteiger partial charge on any atom is -0.496 e. The van der Waals surface area contributed by atoms with E-state index in [2.05, 4.69) is 5.32 Å². The average Bonchev–Trinajstić information content (AvgIpc) is 2.65. The van der Waals surface area contributed by atoms with Crippen molar-refractivity contribution >= 4 is 23.5 Å². The molecule has 2 aromatic rings. The molecule has 0 aliphatic carbocycles. The first kappa shape index (κ1) is 22.6. The first-order chi connectivity index (χ1) is 13.7. The number of rotatable bonds is 9. The molecule has 2 aromatic carbocycles. The predicted octanol–water partition coefficient (Wildman–Crippen LogP) is 3.84. The number of carbonyl (C=O) groups is 2. The van der Waals surface area contributed by atoms with Gasteiger partial charge in [-0.3, -0.25) is 4.79 Å². The second-order valence-corrected chi connectivity index (χ2v) is 7.11. The minimum atomic E-state index is -1.05. The Morgan fingerprint density at radius 2 is 1.93 bits per heavy atom. The lowest BCUT2D eigenvalue weighted by Crippen LogP contribution is -2.29. The fraction of sp³-hybridized carbons (Fsp3) is 0.333. The molecule has 0 aromatic heterocycles. The number of hydrogen-bond donors (Lipinski definition) is 2. The molecule has 0 saturated heterocycles. The number of ether oxygens (including phenoxy) is 2. The van der Waals surface area contributed by atoms with Gasteiger partial charge in [-0.15, -0.1) is 0 Å². The van der Waals surface area contributed by atoms with Gasteiger partial charge in [-0.2, -0.15) is 0 Å². The number of amides is 1. The normalized spacial score (nSPS) is 11.9. The van der Waals surface area contributed by atoms with Gasteiger partial charge >= 0.3 is 5.97 Å². The van der Waals surface area contributed by atoms with Gasteiger partial charge in [0.15, 0.2) is 6.10 Å². The van der Waals surface area contributed by atoms with Crippen LogP contribution in [-0.4, -0.2) is 36.3 Å². The van der Waals surface area contributed by atoms with Crippen LogP contribution in [0.1, 0.15) is 35.3 Å². The number of methoxy groups -OCH3 is 1. The lowest BCUT2D eigenvalue weighted by Gasteiger charge is -2.18. The van der Waals surface area contributed by atoms with Crippen molar-refractivity contribution in [3.8, 4) is 5.75 Å². The Morgan fingerprint density at radius 3 is 2.52 bits per heavy atom. The lowest BCUT2D eigenvalue weighted by molar-refractivity contribution is -0.153. The van der Waals surface area contributed by atoms with E-state index in [-0.39, 0.29) is 29.7 Å². The summed E-state index contributed by atoms with van der Waals surface area (Å²) in [5.41, 5.74) is 1.21. The van der Waals surface area contributed by atoms with Gasteiger partial charge in [-0.1, -0.05) is 23.7 Å². The highest BCUT2D eigenvalue weighted by Gasteiger charge is 2.21. The van der Waals surface area contributed by atoms with E-state index in [1.807, 2.05) is 0 Å². The second-order valence-electron chi connectivity index (χ2n) is 6.67. The predicted molar refractivity (Wildman–Crippen MR) is 107 cm³/mol. The highest BCUT2D eigenvalue weighted by atomic mass is 35.5. The average molecular weight is 424 g/mol. The number of carboxylic acids is 1. The Bertz CT molecular complexity index is 887. The van der Waals surface area contributed by atoms with E-state index in [1.54, 1.807) is 32.0 Å². The highest BCUT2D eigenvalue weighted by molar-refractivity contribution is 6.30. The molecule has 6 nitrogen and oxygen atoms in total. The first-order valence-electron chi connectivity index (χ1n) is 8.98. The maximum absolute atomic E-state index is 13.9. The van der Waals surface area contributed by atoms with Crippen LogP contribution in [0.2, 0.25) is 5.02 Å². The number of halogens is 2. The molecule has 29 heavy (non-hydrogen) atoms. The molecular formula is C21H23ClFNO5. The van der Waals surface area contributed by atoms with E-state index in [0.717, 1.165) is 6.07 Å². The third kappa shape index (κ3) is 6.44. The zero-order chi connectivity index (χ0) is 21.6. The maximum atomic E-state index is 13.9. The van der Waals surface area contributed by atoms with Crippen LogP contribution in [0.5, 0.6) is 5.75 Å². The Morgan fingerprint density at radius 1 is 1.21 bits per heavy atom. The Balaban J connectivity index is 2.15. The Hall–Kier alpha value is -2.64. The fourth-order valence-electron chi connectivity index (χ4n) is 2.78. The van der Waals surface area contributed by atoms with Crippen molar-refractivity contribution in [1.82, 2.24) is 5.32 Å². The molecule has 1 amide bonds. The van der Waals surface area contributed by atoms with Gasteiger partial charge in [0.1, 0.15) is 11.6 Å². The van der Waals surface area contributed by atoms with Crippen molar-refractivity contribution < 1.29 is 28.6 Å². The maximum Gasteiger partial charge on any atom is 0.333 e. The van der Waals surface area contributed by atoms with Crippen LogP contribution in [0.4, 0.5) is 4.39 Å². The van der Waals surface area contributed by atoms with Crippen LogP contribution < -0.4 is 10.1 Å². The molecule has 0 aliphatic heterocycles. The summed E-state index contributed by atoms with van der Waals surface area (Å²) in [6, 6.07) is 8.97. The van der Waals surface area contributed by atoms with Gasteiger partial charge in [-0.25, -0.2) is 9.18 Å². The summed E-state index contributed by atoms with van der Waals surface area (Å²) in [4.78, 5) is 23.7. The summed E-state index contributed by atoms with van der Waals surface area (Å²) in [5.74, 6) is -1.85. The standard InChI is InChI=1S/C21H23ClFNO5/c1-12(2)29-19(21(26)27)9-13-4-7-18(28-3)14(8-13)11-24-20(25)16-6-5-15(22)10-17(16)23/h4-8,10,12,19H,9,11H2,1-3H3,(H,24,25)(H,26,27). The largest absolute Gasteiger partial charge is 0.496 e. The molecule has 8 heteroatoms. The zero-order valence-corrected chi connectivity index (χ0v) is 17.1. The number of carbonyl (C=O) groups excluding carboxylic acids is 1. The van der Waals surface area contributed by atoms with Crippen LogP contribution in [0.3, 0.4) is 0 Å². The van der Waals surface area contributed by atoms with Crippen molar-refractivity contribution in [2.24, 2.45) is 0 Å². The first-order valence-corrected chi connectivity index (χ1v) is 9.36. The van der Waals surface area contributed by atoms with Crippen molar-refractivity contribution in [3.63, 3.8) is 0 Å². The molecule has 0 bridgehead atoms. The van der Waals surface area contributed by atoms with Crippen LogP contribution in [0, 0.1) is 5.82 Å². The van der Waals surface area contributed by atoms with E-state index in [4.69, 9.17) is 21.1 Å². The number of aliphatic carboxylic acids is 1. The second kappa shape index (κ2) is 10.2. The van der Waals surface area contributed by atoms with Gasteiger partial charge in [0.05, 0.1) is 18.8 Å². The molecule has 0 saturated carbocycles. The van der Waals surface area contributed by atoms with E-state index in [9.17, 15) is 19.1 Å². The molecule has 0 radical (unpaired) electrons. The van der Waals surface area contributed by atoms with Crippen molar-refractivity contribution in [2.45, 2.75) is 39.0 Å². The Kier molecular flexibility index (Phi) is 7.99. The van der Waals surface area contributed by atoms with Crippen molar-refractivity contribution in [2.75, 3.05) is 7.11 Å². The molecule has 2 rings (SSSR count). The third-order valence-electron chi connectivity index (χ3n) is 4.09. The van der Waals surface area contributed by atoms with E-state index < -0.39 is 23.8 Å². The van der Waals surface area contributed by atoms with Crippen LogP contribution >= 0.6 is 11.6 Å². The SMILES string of the molecule is COc1ccc(CC(OC(C)C)C(=O)O)cc1CNC(=O)c1ccc(Cl)cc1F. The monoisotopic (exact) mass is 423 g/mol. The number of benzene rings is 2. The zero-order valence-electron chi connectivity index (χ0n) is 16.4. The smallest absolute Gasteiger partial charge is 0.333 e. The summed E-state index contributed by atoms with van der Waals surface area (Å²) in [6.07, 6.45) is -1.07. The quantitative estimate of drug-likeness (QED) is 0.640. The van der Waals surface area contributed by atoms with E-state index >= 15 is 0 Å². The van der Waals surface area contributed by atoms with Crippen molar-refractivity contribution in [1.29, 1.82) is 0 Å². The summed E-state index contributed by atoms with van der Waals surface area (Å²) >= 11 is 5.71. The molecule has 2 N–H and O–H groups in total. The van der Waals surface area contributed by atoms with Crippen LogP contribution in [0.15, 0.2) is 36.4 Å². The third-order valence-corrected chi connectivity index (χ3v) is 4.33. The number of hydrogen-bond acceptors (Lipinski definition) is 4. The lowest BCUT2D eigenvalue weighted by atomic mass is 10.0. The van der Waals surface area contributed by atoms with Crippen molar-refractivity contribution in [3.05, 3.63) is 63.9 Å². The molecule has 1 atom stereocenters. The number of nitrogens with one attached hydrogen (secondary N) is 1. The van der Waals surface area contributed by atoms with Gasteiger partial charge in [-0.05, 0) is 43.7 Å². The molecule has 156 valence electrons. The molecule has 0 spiro atoms. The van der Waals surface area contributed by atoms with Crippen LogP contribution in [-0.2, 0) is 22.5 Å². The Labute approximate surface area is 173 Å². The summed E-state index contributed by atoms with van der Waals surface area (Å²) < 4.78 is 24.7. The summed E-state index contributed by atoms with van der Waals surface area (Å²) in [6.45, 7) is 3.60. The van der Waals surface area contributed by atoms with Gasteiger partial charge in [0, 0.05) is 23.6 Å². The number of carboxylic acid groups (broad SMARTS) is 1. The summed E-state index contributed by atoms with van der Waals surface area (Å²) in [7, 11) is 1.49. The molecular weight excluding hydrogens is 401 g/mol. The fourth-order valence-corrected chi connectivity index (χ4v) is 2.94. The molecule has 0 aliphatic rings. The molecule has 1 unspecified atom stereocenters. The van der Waals surface area contributed by atoms with Gasteiger partial charge in [0.2, 0.25) is 0 Å². The topological polar surface area (TPSA) is 84.9 Å². The molecule has 0 heterocycles. The van der Waals surface area contributed by atoms with Gasteiger partial charge in [0.25, 0.3) is 5.91 Å². The minimum absolute atomic E-state index is 0.0701. The van der Waals surface area contributed by atoms with E-state index in [0.29, 0.717) is 16.9 Å². The van der Waals surface area contributed by atoms with Gasteiger partial charge < -0.3 is 19.9 Å². The summed E-state index contributed by atoms with van der Waals surface area (Å²) in [5, 5.41) is 12.2.